The number of hydrazone groups is 1. The van der Waals surface area contributed by atoms with E-state index in [1.54, 1.807) is 18.2 Å². The number of ether oxygens (including phenoxy) is 2. The summed E-state index contributed by atoms with van der Waals surface area (Å²) in [5.74, 6) is -0.669. The molecule has 0 radical (unpaired) electrons. The van der Waals surface area contributed by atoms with Gasteiger partial charge < -0.3 is 9.47 Å². The summed E-state index contributed by atoms with van der Waals surface area (Å²) < 4.78 is 25.1. The van der Waals surface area contributed by atoms with E-state index in [-0.39, 0.29) is 58.7 Å². The zero-order chi connectivity index (χ0) is 23.3. The second kappa shape index (κ2) is 8.57. The molecule has 33 heavy (non-hydrogen) atoms. The highest BCUT2D eigenvalue weighted by Gasteiger charge is 2.59. The summed E-state index contributed by atoms with van der Waals surface area (Å²) in [4.78, 5) is 25.7. The van der Waals surface area contributed by atoms with E-state index in [0.29, 0.717) is 21.3 Å². The van der Waals surface area contributed by atoms with Crippen LogP contribution in [0.3, 0.4) is 0 Å². The molecule has 2 aromatic carbocycles. The summed E-state index contributed by atoms with van der Waals surface area (Å²) >= 11 is 9.95. The van der Waals surface area contributed by atoms with Gasteiger partial charge in [0.25, 0.3) is 11.8 Å². The molecule has 1 heterocycles. The molecule has 5 rings (SSSR count). The van der Waals surface area contributed by atoms with Crippen LogP contribution in [0.5, 0.6) is 11.5 Å². The molecule has 0 aromatic heterocycles. The first-order chi connectivity index (χ1) is 15.9. The summed E-state index contributed by atoms with van der Waals surface area (Å²) in [6.45, 7) is 0.0869. The van der Waals surface area contributed by atoms with Crippen LogP contribution in [0.1, 0.15) is 17.5 Å². The number of hydrogen-bond donors (Lipinski definition) is 0. The Hall–Kier alpha value is -2.71. The number of allylic oxidation sites excluding steroid dienone is 2. The Balaban J connectivity index is 1.38. The summed E-state index contributed by atoms with van der Waals surface area (Å²) in [7, 11) is 1.47. The molecule has 2 fully saturated rings. The van der Waals surface area contributed by atoms with Crippen molar-refractivity contribution in [1.29, 1.82) is 0 Å². The van der Waals surface area contributed by atoms with Crippen LogP contribution in [0.2, 0.25) is 5.02 Å². The van der Waals surface area contributed by atoms with Crippen LogP contribution >= 0.6 is 27.5 Å². The van der Waals surface area contributed by atoms with E-state index in [9.17, 15) is 14.0 Å². The number of halogens is 3. The maximum Gasteiger partial charge on any atom is 0.254 e. The van der Waals surface area contributed by atoms with Crippen molar-refractivity contribution < 1.29 is 23.5 Å². The van der Waals surface area contributed by atoms with Gasteiger partial charge in [-0.15, -0.1) is 0 Å². The van der Waals surface area contributed by atoms with Crippen molar-refractivity contribution in [2.24, 2.45) is 28.8 Å². The van der Waals surface area contributed by atoms with Gasteiger partial charge in [-0.2, -0.15) is 10.1 Å². The normalized spacial score (nSPS) is 25.4. The number of carbonyl (C=O) groups is 2. The molecule has 1 saturated carbocycles. The average Bonchev–Trinajstić information content (AvgIpc) is 3.48. The highest BCUT2D eigenvalue weighted by molar-refractivity contribution is 9.10. The van der Waals surface area contributed by atoms with Gasteiger partial charge in [0, 0.05) is 10.0 Å². The van der Waals surface area contributed by atoms with Gasteiger partial charge in [0.15, 0.2) is 11.5 Å². The molecule has 3 aliphatic rings. The third-order valence-electron chi connectivity index (χ3n) is 6.41. The van der Waals surface area contributed by atoms with Gasteiger partial charge in [-0.3, -0.25) is 9.59 Å². The number of rotatable bonds is 6. The Morgan fingerprint density at radius 3 is 2.55 bits per heavy atom. The second-order valence-corrected chi connectivity index (χ2v) is 9.45. The molecule has 2 bridgehead atoms. The van der Waals surface area contributed by atoms with Crippen molar-refractivity contribution in [2.45, 2.75) is 13.0 Å². The Labute approximate surface area is 203 Å². The Bertz CT molecular complexity index is 1190. The van der Waals surface area contributed by atoms with Gasteiger partial charge in [-0.25, -0.2) is 4.39 Å². The molecule has 2 aromatic rings. The van der Waals surface area contributed by atoms with E-state index < -0.39 is 0 Å². The fourth-order valence-electron chi connectivity index (χ4n) is 4.89. The summed E-state index contributed by atoms with van der Waals surface area (Å²) in [5.41, 5.74) is 1.14. The first-order valence-corrected chi connectivity index (χ1v) is 11.6. The number of hydrogen-bond acceptors (Lipinski definition) is 5. The SMILES string of the molecule is COc1cc(C=NN2C(=O)[C@@H]3[C@H](C2=O)[C@H]2C=C[C@H]3C2)c(Br)c(Cl)c1OCc1cccc(F)c1. The van der Waals surface area contributed by atoms with Crippen LogP contribution < -0.4 is 9.47 Å². The summed E-state index contributed by atoms with van der Waals surface area (Å²) in [6.07, 6.45) is 6.34. The number of imide groups is 1. The van der Waals surface area contributed by atoms with Crippen molar-refractivity contribution in [3.05, 3.63) is 68.9 Å². The molecule has 0 spiro atoms. The first-order valence-electron chi connectivity index (χ1n) is 10.4. The van der Waals surface area contributed by atoms with Crippen LogP contribution in [0, 0.1) is 29.5 Å². The number of nitrogens with zero attached hydrogens (tertiary/aromatic N) is 2. The van der Waals surface area contributed by atoms with E-state index in [1.165, 1.54) is 25.5 Å². The second-order valence-electron chi connectivity index (χ2n) is 8.28. The van der Waals surface area contributed by atoms with Crippen LogP contribution in [0.4, 0.5) is 4.39 Å². The molecular formula is C24H19BrClFN2O4. The van der Waals surface area contributed by atoms with Crippen molar-refractivity contribution in [1.82, 2.24) is 5.01 Å². The molecular weight excluding hydrogens is 515 g/mol. The third-order valence-corrected chi connectivity index (χ3v) is 7.85. The Morgan fingerprint density at radius 1 is 1.21 bits per heavy atom. The van der Waals surface area contributed by atoms with Crippen LogP contribution in [0.15, 0.2) is 52.1 Å². The van der Waals surface area contributed by atoms with Crippen molar-refractivity contribution in [2.75, 3.05) is 7.11 Å². The summed E-state index contributed by atoms with van der Waals surface area (Å²) in [6, 6.07) is 7.70. The molecule has 4 atom stereocenters. The zero-order valence-corrected chi connectivity index (χ0v) is 19.8. The number of amides is 2. The predicted octanol–water partition coefficient (Wildman–Crippen LogP) is 4.97. The number of fused-ring (bicyclic) bond motifs is 5. The van der Waals surface area contributed by atoms with Crippen molar-refractivity contribution in [3.63, 3.8) is 0 Å². The van der Waals surface area contributed by atoms with E-state index >= 15 is 0 Å². The first kappa shape index (κ1) is 22.1. The lowest BCUT2D eigenvalue weighted by molar-refractivity contribution is -0.140. The van der Waals surface area contributed by atoms with Gasteiger partial charge in [0.05, 0.1) is 25.2 Å². The molecule has 170 valence electrons. The number of methoxy groups -OCH3 is 1. The maximum atomic E-state index is 13.4. The minimum absolute atomic E-state index is 0.0869. The fourth-order valence-corrected chi connectivity index (χ4v) is 5.54. The standard InChI is InChI=1S/C24H19BrClFN2O4/c1-32-17-9-15(20(25)21(26)22(17)33-11-12-3-2-4-16(27)7-12)10-28-29-23(30)18-13-5-6-14(8-13)19(18)24(29)31/h2-7,9-10,13-14,18-19H,8,11H2,1H3/t13-,14-,18-,19+/m0/s1. The van der Waals surface area contributed by atoms with Crippen molar-refractivity contribution >= 4 is 45.6 Å². The number of carbonyl (C=O) groups excluding carboxylic acids is 2. The lowest BCUT2D eigenvalue weighted by Crippen LogP contribution is -2.28. The molecule has 6 nitrogen and oxygen atoms in total. The van der Waals surface area contributed by atoms with Gasteiger partial charge in [0.1, 0.15) is 17.4 Å². The topological polar surface area (TPSA) is 68.2 Å². The third kappa shape index (κ3) is 3.75. The van der Waals surface area contributed by atoms with Crippen LogP contribution in [-0.4, -0.2) is 30.1 Å². The van der Waals surface area contributed by atoms with Gasteiger partial charge in [-0.1, -0.05) is 35.9 Å². The Kier molecular flexibility index (Phi) is 5.74. The molecule has 1 saturated heterocycles. The van der Waals surface area contributed by atoms with E-state index in [2.05, 4.69) is 21.0 Å². The van der Waals surface area contributed by atoms with E-state index in [0.717, 1.165) is 11.4 Å². The molecule has 0 unspecified atom stereocenters. The van der Waals surface area contributed by atoms with Gasteiger partial charge in [-0.05, 0) is 57.9 Å². The largest absolute Gasteiger partial charge is 0.493 e. The lowest BCUT2D eigenvalue weighted by Gasteiger charge is -2.16. The van der Waals surface area contributed by atoms with E-state index in [4.69, 9.17) is 21.1 Å². The highest BCUT2D eigenvalue weighted by atomic mass is 79.9. The van der Waals surface area contributed by atoms with Gasteiger partial charge in [0.2, 0.25) is 0 Å². The monoisotopic (exact) mass is 532 g/mol. The maximum absolute atomic E-state index is 13.4. The quantitative estimate of drug-likeness (QED) is 0.299. The highest BCUT2D eigenvalue weighted by Crippen LogP contribution is 2.52. The Morgan fingerprint density at radius 2 is 1.91 bits per heavy atom. The van der Waals surface area contributed by atoms with Gasteiger partial charge >= 0.3 is 0 Å². The molecule has 2 amide bonds. The minimum atomic E-state index is -0.360. The van der Waals surface area contributed by atoms with E-state index in [1.807, 2.05) is 12.2 Å². The average molecular weight is 534 g/mol. The molecule has 1 aliphatic heterocycles. The lowest BCUT2D eigenvalue weighted by atomic mass is 9.85. The number of benzene rings is 2. The minimum Gasteiger partial charge on any atom is -0.493 e. The van der Waals surface area contributed by atoms with Crippen molar-refractivity contribution in [3.8, 4) is 11.5 Å². The van der Waals surface area contributed by atoms with Crippen LogP contribution in [-0.2, 0) is 16.2 Å². The smallest absolute Gasteiger partial charge is 0.254 e. The predicted molar refractivity (Wildman–Crippen MR) is 124 cm³/mol. The molecule has 9 heteroatoms. The molecule has 0 N–H and O–H groups in total. The molecule has 2 aliphatic carbocycles. The zero-order valence-electron chi connectivity index (χ0n) is 17.5. The summed E-state index contributed by atoms with van der Waals surface area (Å²) in [5, 5.41) is 5.40. The van der Waals surface area contributed by atoms with Crippen LogP contribution in [0.25, 0.3) is 0 Å². The fraction of sp³-hybridized carbons (Fsp3) is 0.292.